The third kappa shape index (κ3) is 2.52. The van der Waals surface area contributed by atoms with E-state index in [0.717, 1.165) is 11.4 Å². The maximum atomic E-state index is 4.35. The number of hydrogen-bond acceptors (Lipinski definition) is 3. The summed E-state index contributed by atoms with van der Waals surface area (Å²) in [6.07, 6.45) is 3.73. The van der Waals surface area contributed by atoms with Crippen molar-refractivity contribution in [3.8, 4) is 11.4 Å². The van der Waals surface area contributed by atoms with Gasteiger partial charge in [0.2, 0.25) is 0 Å². The topological polar surface area (TPSA) is 43.6 Å². The fraction of sp³-hybridized carbons (Fsp3) is 0.0455. The lowest BCUT2D eigenvalue weighted by molar-refractivity contribution is 0.655. The molecule has 2 heterocycles. The zero-order chi connectivity index (χ0) is 17.3. The number of aromatic nitrogens is 4. The summed E-state index contributed by atoms with van der Waals surface area (Å²) in [5.41, 5.74) is 2.88. The van der Waals surface area contributed by atoms with Crippen LogP contribution in [0.1, 0.15) is 5.56 Å². The van der Waals surface area contributed by atoms with Crippen molar-refractivity contribution < 1.29 is 0 Å². The molecule has 0 spiro atoms. The third-order valence-electron chi connectivity index (χ3n) is 4.67. The summed E-state index contributed by atoms with van der Waals surface area (Å²) < 4.78 is 1.89. The van der Waals surface area contributed by atoms with Gasteiger partial charge >= 0.3 is 0 Å². The first-order valence-corrected chi connectivity index (χ1v) is 8.59. The Morgan fingerprint density at radius 1 is 0.731 bits per heavy atom. The van der Waals surface area contributed by atoms with E-state index in [-0.39, 0.29) is 0 Å². The lowest BCUT2D eigenvalue weighted by atomic mass is 9.97. The molecule has 0 saturated carbocycles. The van der Waals surface area contributed by atoms with Gasteiger partial charge in [0.25, 0.3) is 0 Å². The number of nitrogens with zero attached hydrogens (tertiary/aromatic N) is 4. The Balaban J connectivity index is 1.64. The molecule has 0 saturated heterocycles. The van der Waals surface area contributed by atoms with Gasteiger partial charge in [-0.05, 0) is 45.3 Å². The van der Waals surface area contributed by atoms with Gasteiger partial charge in [0.15, 0.2) is 0 Å². The summed E-state index contributed by atoms with van der Waals surface area (Å²) in [5, 5.41) is 13.6. The molecule has 0 aliphatic rings. The summed E-state index contributed by atoms with van der Waals surface area (Å²) in [4.78, 5) is 4.35. The highest BCUT2D eigenvalue weighted by Crippen LogP contribution is 2.29. The van der Waals surface area contributed by atoms with Crippen molar-refractivity contribution in [2.45, 2.75) is 6.54 Å². The van der Waals surface area contributed by atoms with E-state index in [9.17, 15) is 0 Å². The average Bonchev–Trinajstić information content (AvgIpc) is 3.17. The number of hydrogen-bond donors (Lipinski definition) is 0. The fourth-order valence-corrected chi connectivity index (χ4v) is 3.45. The lowest BCUT2D eigenvalue weighted by Crippen LogP contribution is -2.02. The van der Waals surface area contributed by atoms with E-state index in [1.54, 1.807) is 6.20 Å². The van der Waals surface area contributed by atoms with Crippen molar-refractivity contribution in [2.75, 3.05) is 0 Å². The highest BCUT2D eigenvalue weighted by Gasteiger charge is 2.10. The van der Waals surface area contributed by atoms with Gasteiger partial charge in [-0.25, -0.2) is 4.68 Å². The highest BCUT2D eigenvalue weighted by molar-refractivity contribution is 6.02. The van der Waals surface area contributed by atoms with Gasteiger partial charge in [-0.3, -0.25) is 4.98 Å². The Hall–Kier alpha value is -3.53. The summed E-state index contributed by atoms with van der Waals surface area (Å²) >= 11 is 0. The summed E-state index contributed by atoms with van der Waals surface area (Å²) in [6, 6.07) is 25.0. The number of pyridine rings is 1. The van der Waals surface area contributed by atoms with Crippen molar-refractivity contribution in [3.63, 3.8) is 0 Å². The second kappa shape index (κ2) is 6.08. The van der Waals surface area contributed by atoms with E-state index in [1.165, 1.54) is 27.1 Å². The van der Waals surface area contributed by atoms with Crippen LogP contribution in [0.4, 0.5) is 0 Å². The Morgan fingerprint density at radius 3 is 2.12 bits per heavy atom. The van der Waals surface area contributed by atoms with E-state index in [0.29, 0.717) is 6.54 Å². The van der Waals surface area contributed by atoms with Gasteiger partial charge in [0.05, 0.1) is 18.4 Å². The zero-order valence-corrected chi connectivity index (χ0v) is 14.1. The lowest BCUT2D eigenvalue weighted by Gasteiger charge is -2.11. The van der Waals surface area contributed by atoms with Crippen LogP contribution in [0.2, 0.25) is 0 Å². The largest absolute Gasteiger partial charge is 0.254 e. The molecule has 26 heavy (non-hydrogen) atoms. The minimum absolute atomic E-state index is 0.668. The Labute approximate surface area is 150 Å². The first-order valence-electron chi connectivity index (χ1n) is 8.59. The number of fused-ring (bicyclic) bond motifs is 2. The molecule has 0 N–H and O–H groups in total. The van der Waals surface area contributed by atoms with Crippen LogP contribution in [0.15, 0.2) is 85.2 Å². The van der Waals surface area contributed by atoms with Crippen LogP contribution < -0.4 is 0 Å². The number of rotatable bonds is 3. The Kier molecular flexibility index (Phi) is 3.46. The molecule has 0 amide bonds. The monoisotopic (exact) mass is 336 g/mol. The van der Waals surface area contributed by atoms with E-state index in [1.807, 2.05) is 29.1 Å². The van der Waals surface area contributed by atoms with Crippen molar-refractivity contribution in [1.82, 2.24) is 20.0 Å². The Bertz CT molecular complexity index is 1150. The van der Waals surface area contributed by atoms with E-state index >= 15 is 0 Å². The molecule has 0 atom stereocenters. The zero-order valence-electron chi connectivity index (χ0n) is 14.1. The minimum Gasteiger partial charge on any atom is -0.254 e. The molecule has 5 aromatic rings. The normalized spacial score (nSPS) is 11.2. The molecule has 0 bridgehead atoms. The maximum absolute atomic E-state index is 4.35. The van der Waals surface area contributed by atoms with Gasteiger partial charge in [-0.1, -0.05) is 59.8 Å². The van der Waals surface area contributed by atoms with Crippen molar-refractivity contribution in [1.29, 1.82) is 0 Å². The SMILES string of the molecule is c1ccc(-c2cn(Cc3c4ccccc4cc4ccccc34)nn2)nc1. The van der Waals surface area contributed by atoms with Crippen LogP contribution in [0.3, 0.4) is 0 Å². The van der Waals surface area contributed by atoms with Gasteiger partial charge < -0.3 is 0 Å². The molecule has 124 valence electrons. The molecule has 0 aliphatic carbocycles. The van der Waals surface area contributed by atoms with Crippen molar-refractivity contribution in [3.05, 3.63) is 90.8 Å². The Morgan fingerprint density at radius 2 is 1.42 bits per heavy atom. The van der Waals surface area contributed by atoms with Crippen molar-refractivity contribution >= 4 is 21.5 Å². The van der Waals surface area contributed by atoms with Gasteiger partial charge in [-0.2, -0.15) is 0 Å². The van der Waals surface area contributed by atoms with E-state index < -0.39 is 0 Å². The summed E-state index contributed by atoms with van der Waals surface area (Å²) in [7, 11) is 0. The van der Waals surface area contributed by atoms with Crippen LogP contribution >= 0.6 is 0 Å². The highest BCUT2D eigenvalue weighted by atomic mass is 15.4. The molecule has 0 aliphatic heterocycles. The summed E-state index contributed by atoms with van der Waals surface area (Å²) in [6.45, 7) is 0.668. The predicted molar refractivity (Wildman–Crippen MR) is 104 cm³/mol. The standard InChI is InChI=1S/C22H16N4/c1-3-9-18-16(7-1)13-17-8-2-4-10-19(17)20(18)14-26-15-22(24-25-26)21-11-5-6-12-23-21/h1-13,15H,14H2. The predicted octanol–water partition coefficient (Wildman–Crippen LogP) is 4.69. The molecule has 0 unspecified atom stereocenters. The minimum atomic E-state index is 0.668. The molecule has 2 aromatic heterocycles. The van der Waals surface area contributed by atoms with Crippen LogP contribution in [-0.4, -0.2) is 20.0 Å². The smallest absolute Gasteiger partial charge is 0.131 e. The molecule has 5 rings (SSSR count). The van der Waals surface area contributed by atoms with Gasteiger partial charge in [-0.15, -0.1) is 5.10 Å². The first kappa shape index (κ1) is 14.8. The van der Waals surface area contributed by atoms with Gasteiger partial charge in [0.1, 0.15) is 5.69 Å². The molecule has 0 fully saturated rings. The van der Waals surface area contributed by atoms with E-state index in [2.05, 4.69) is 69.9 Å². The molecule has 3 aromatic carbocycles. The molecule has 0 radical (unpaired) electrons. The van der Waals surface area contributed by atoms with Crippen molar-refractivity contribution in [2.24, 2.45) is 0 Å². The van der Waals surface area contributed by atoms with Crippen LogP contribution in [-0.2, 0) is 6.54 Å². The maximum Gasteiger partial charge on any atom is 0.131 e. The number of benzene rings is 3. The average molecular weight is 336 g/mol. The van der Waals surface area contributed by atoms with Crippen LogP contribution in [0, 0.1) is 0 Å². The molecular formula is C22H16N4. The molecular weight excluding hydrogens is 320 g/mol. The second-order valence-electron chi connectivity index (χ2n) is 6.31. The quantitative estimate of drug-likeness (QED) is 0.449. The molecule has 4 heteroatoms. The molecule has 4 nitrogen and oxygen atoms in total. The van der Waals surface area contributed by atoms with Crippen LogP contribution in [0.5, 0.6) is 0 Å². The first-order chi connectivity index (χ1) is 12.9. The van der Waals surface area contributed by atoms with E-state index in [4.69, 9.17) is 0 Å². The third-order valence-corrected chi connectivity index (χ3v) is 4.67. The van der Waals surface area contributed by atoms with Crippen LogP contribution in [0.25, 0.3) is 32.9 Å². The van der Waals surface area contributed by atoms with Gasteiger partial charge in [0, 0.05) is 6.20 Å². The summed E-state index contributed by atoms with van der Waals surface area (Å²) in [5.74, 6) is 0. The fourth-order valence-electron chi connectivity index (χ4n) is 3.45. The second-order valence-corrected chi connectivity index (χ2v) is 6.31.